The van der Waals surface area contributed by atoms with E-state index < -0.39 is 11.4 Å². The molecule has 24 heavy (non-hydrogen) atoms. The molecule has 0 bridgehead atoms. The standard InChI is InChI=1S/C18H18FN3O2/c1-11(2)10-22-17(23)13(8-20)12(3)14(18(22)24)9-21-16-7-5-4-6-15(16)19/h4-7,9,11,24H,10H2,1-3H3. The van der Waals surface area contributed by atoms with Crippen LogP contribution in [0.1, 0.15) is 30.5 Å². The number of benzene rings is 1. The molecule has 0 aliphatic carbocycles. The number of aromatic nitrogens is 1. The van der Waals surface area contributed by atoms with Gasteiger partial charge in [0.05, 0.1) is 11.3 Å². The number of halogens is 1. The van der Waals surface area contributed by atoms with Crippen LogP contribution in [-0.2, 0) is 6.54 Å². The Labute approximate surface area is 139 Å². The average molecular weight is 327 g/mol. The van der Waals surface area contributed by atoms with Gasteiger partial charge in [-0.05, 0) is 30.5 Å². The molecule has 0 fully saturated rings. The summed E-state index contributed by atoms with van der Waals surface area (Å²) in [6.07, 6.45) is 1.28. The summed E-state index contributed by atoms with van der Waals surface area (Å²) in [6, 6.07) is 7.84. The van der Waals surface area contributed by atoms with Gasteiger partial charge in [-0.25, -0.2) is 4.39 Å². The molecule has 2 aromatic rings. The largest absolute Gasteiger partial charge is 0.494 e. The first kappa shape index (κ1) is 17.4. The Morgan fingerprint density at radius 1 is 1.42 bits per heavy atom. The second-order valence-corrected chi connectivity index (χ2v) is 5.87. The van der Waals surface area contributed by atoms with Crippen LogP contribution < -0.4 is 5.56 Å². The lowest BCUT2D eigenvalue weighted by Crippen LogP contribution is -2.27. The molecule has 124 valence electrons. The summed E-state index contributed by atoms with van der Waals surface area (Å²) in [5.41, 5.74) is 0.0687. The number of nitriles is 1. The van der Waals surface area contributed by atoms with Crippen molar-refractivity contribution in [2.24, 2.45) is 10.9 Å². The average Bonchev–Trinajstić information content (AvgIpc) is 2.53. The van der Waals surface area contributed by atoms with Crippen LogP contribution in [0.15, 0.2) is 34.1 Å². The van der Waals surface area contributed by atoms with E-state index in [1.807, 2.05) is 19.9 Å². The fraction of sp³-hybridized carbons (Fsp3) is 0.278. The van der Waals surface area contributed by atoms with Gasteiger partial charge in [-0.1, -0.05) is 26.0 Å². The molecule has 0 spiro atoms. The molecular weight excluding hydrogens is 309 g/mol. The summed E-state index contributed by atoms with van der Waals surface area (Å²) in [5, 5.41) is 19.7. The maximum Gasteiger partial charge on any atom is 0.271 e. The number of aromatic hydroxyl groups is 1. The summed E-state index contributed by atoms with van der Waals surface area (Å²) in [7, 11) is 0. The highest BCUT2D eigenvalue weighted by Crippen LogP contribution is 2.23. The Kier molecular flexibility index (Phi) is 5.14. The van der Waals surface area contributed by atoms with Gasteiger partial charge in [0.15, 0.2) is 0 Å². The zero-order valence-electron chi connectivity index (χ0n) is 13.7. The predicted octanol–water partition coefficient (Wildman–Crippen LogP) is 3.28. The normalized spacial score (nSPS) is 11.2. The minimum absolute atomic E-state index is 0.0524. The van der Waals surface area contributed by atoms with Crippen LogP contribution in [-0.4, -0.2) is 15.9 Å². The van der Waals surface area contributed by atoms with E-state index in [9.17, 15) is 19.6 Å². The van der Waals surface area contributed by atoms with Gasteiger partial charge < -0.3 is 5.11 Å². The molecule has 0 aliphatic heterocycles. The van der Waals surface area contributed by atoms with Crippen molar-refractivity contribution in [2.45, 2.75) is 27.3 Å². The molecule has 1 aromatic heterocycles. The van der Waals surface area contributed by atoms with Crippen molar-refractivity contribution < 1.29 is 9.50 Å². The van der Waals surface area contributed by atoms with Crippen molar-refractivity contribution in [3.63, 3.8) is 0 Å². The molecule has 0 unspecified atom stereocenters. The van der Waals surface area contributed by atoms with Crippen LogP contribution in [0, 0.1) is 30.0 Å². The van der Waals surface area contributed by atoms with E-state index in [-0.39, 0.29) is 35.2 Å². The predicted molar refractivity (Wildman–Crippen MR) is 90.3 cm³/mol. The fourth-order valence-electron chi connectivity index (χ4n) is 2.35. The lowest BCUT2D eigenvalue weighted by Gasteiger charge is -2.15. The molecule has 6 heteroatoms. The Bertz CT molecular complexity index is 892. The molecule has 0 atom stereocenters. The van der Waals surface area contributed by atoms with Crippen LogP contribution in [0.4, 0.5) is 10.1 Å². The molecule has 0 saturated carbocycles. The maximum atomic E-state index is 13.7. The number of hydrogen-bond acceptors (Lipinski definition) is 4. The van der Waals surface area contributed by atoms with E-state index >= 15 is 0 Å². The van der Waals surface area contributed by atoms with E-state index in [0.717, 1.165) is 4.57 Å². The van der Waals surface area contributed by atoms with E-state index in [1.54, 1.807) is 19.1 Å². The number of pyridine rings is 1. The highest BCUT2D eigenvalue weighted by Gasteiger charge is 2.18. The Balaban J connectivity index is 2.64. The Morgan fingerprint density at radius 3 is 2.67 bits per heavy atom. The van der Waals surface area contributed by atoms with Crippen LogP contribution in [0.5, 0.6) is 5.88 Å². The molecule has 0 aliphatic rings. The van der Waals surface area contributed by atoms with Crippen molar-refractivity contribution in [1.82, 2.24) is 4.57 Å². The van der Waals surface area contributed by atoms with Gasteiger partial charge in [0.1, 0.15) is 17.4 Å². The first-order chi connectivity index (χ1) is 11.4. The Morgan fingerprint density at radius 2 is 2.08 bits per heavy atom. The van der Waals surface area contributed by atoms with E-state index in [0.29, 0.717) is 5.56 Å². The van der Waals surface area contributed by atoms with Crippen LogP contribution in [0.25, 0.3) is 0 Å². The van der Waals surface area contributed by atoms with Gasteiger partial charge in [-0.15, -0.1) is 0 Å². The van der Waals surface area contributed by atoms with Gasteiger partial charge in [-0.2, -0.15) is 5.26 Å². The molecule has 2 rings (SSSR count). The Hall–Kier alpha value is -2.94. The fourth-order valence-corrected chi connectivity index (χ4v) is 2.35. The van der Waals surface area contributed by atoms with E-state index in [1.165, 1.54) is 18.3 Å². The van der Waals surface area contributed by atoms with Crippen molar-refractivity contribution >= 4 is 11.9 Å². The highest BCUT2D eigenvalue weighted by molar-refractivity contribution is 5.87. The molecule has 5 nitrogen and oxygen atoms in total. The van der Waals surface area contributed by atoms with Gasteiger partial charge >= 0.3 is 0 Å². The molecule has 0 amide bonds. The summed E-state index contributed by atoms with van der Waals surface area (Å²) >= 11 is 0. The molecule has 0 saturated heterocycles. The third kappa shape index (κ3) is 3.35. The monoisotopic (exact) mass is 327 g/mol. The molecule has 0 radical (unpaired) electrons. The van der Waals surface area contributed by atoms with Crippen molar-refractivity contribution in [1.29, 1.82) is 5.26 Å². The van der Waals surface area contributed by atoms with Gasteiger partial charge in [0, 0.05) is 12.8 Å². The number of aliphatic imine (C=N–C) groups is 1. The van der Waals surface area contributed by atoms with E-state index in [2.05, 4.69) is 4.99 Å². The molecule has 1 heterocycles. The van der Waals surface area contributed by atoms with Gasteiger partial charge in [0.2, 0.25) is 5.88 Å². The highest BCUT2D eigenvalue weighted by atomic mass is 19.1. The minimum atomic E-state index is -0.538. The van der Waals surface area contributed by atoms with Gasteiger partial charge in [-0.3, -0.25) is 14.4 Å². The van der Waals surface area contributed by atoms with Crippen molar-refractivity contribution in [2.75, 3.05) is 0 Å². The zero-order valence-corrected chi connectivity index (χ0v) is 13.7. The number of hydrogen-bond donors (Lipinski definition) is 1. The van der Waals surface area contributed by atoms with Crippen molar-refractivity contribution in [3.05, 3.63) is 57.1 Å². The van der Waals surface area contributed by atoms with Crippen LogP contribution >= 0.6 is 0 Å². The lowest BCUT2D eigenvalue weighted by molar-refractivity contribution is 0.381. The van der Waals surface area contributed by atoms with Crippen LogP contribution in [0.3, 0.4) is 0 Å². The van der Waals surface area contributed by atoms with Crippen LogP contribution in [0.2, 0.25) is 0 Å². The number of para-hydroxylation sites is 1. The first-order valence-corrected chi connectivity index (χ1v) is 7.51. The maximum absolute atomic E-state index is 13.7. The summed E-state index contributed by atoms with van der Waals surface area (Å²) in [4.78, 5) is 16.4. The SMILES string of the molecule is Cc1c(C=Nc2ccccc2F)c(O)n(CC(C)C)c(=O)c1C#N. The first-order valence-electron chi connectivity index (χ1n) is 7.51. The quantitative estimate of drug-likeness (QED) is 0.875. The third-order valence-electron chi connectivity index (χ3n) is 3.58. The lowest BCUT2D eigenvalue weighted by atomic mass is 10.1. The minimum Gasteiger partial charge on any atom is -0.494 e. The molecule has 1 N–H and O–H groups in total. The second kappa shape index (κ2) is 7.09. The number of rotatable bonds is 4. The second-order valence-electron chi connectivity index (χ2n) is 5.87. The topological polar surface area (TPSA) is 78.4 Å². The summed E-state index contributed by atoms with van der Waals surface area (Å²) in [5.74, 6) is -0.675. The van der Waals surface area contributed by atoms with E-state index in [4.69, 9.17) is 0 Å². The third-order valence-corrected chi connectivity index (χ3v) is 3.58. The van der Waals surface area contributed by atoms with Crippen molar-refractivity contribution in [3.8, 4) is 11.9 Å². The summed E-state index contributed by atoms with van der Waals surface area (Å²) < 4.78 is 14.8. The summed E-state index contributed by atoms with van der Waals surface area (Å²) in [6.45, 7) is 5.61. The molecular formula is C18H18FN3O2. The smallest absolute Gasteiger partial charge is 0.271 e. The van der Waals surface area contributed by atoms with Gasteiger partial charge in [0.25, 0.3) is 5.56 Å². The zero-order chi connectivity index (χ0) is 17.9. The number of nitrogens with zero attached hydrogens (tertiary/aromatic N) is 3. The molecule has 1 aromatic carbocycles.